The van der Waals surface area contributed by atoms with Crippen molar-refractivity contribution in [3.8, 4) is 11.5 Å². The number of anilines is 1. The van der Waals surface area contributed by atoms with Crippen LogP contribution in [0.1, 0.15) is 5.56 Å². The first-order valence-corrected chi connectivity index (χ1v) is 8.33. The van der Waals surface area contributed by atoms with Crippen LogP contribution in [0.3, 0.4) is 0 Å². The van der Waals surface area contributed by atoms with Crippen LogP contribution in [0.25, 0.3) is 6.08 Å². The van der Waals surface area contributed by atoms with Crippen molar-refractivity contribution in [2.24, 2.45) is 0 Å². The van der Waals surface area contributed by atoms with Gasteiger partial charge in [-0.1, -0.05) is 30.3 Å². The Labute approximate surface area is 129 Å². The maximum Gasteiger partial charge on any atom is 0.255 e. The Morgan fingerprint density at radius 2 is 1.68 bits per heavy atom. The van der Waals surface area contributed by atoms with Gasteiger partial charge in [-0.2, -0.15) is 0 Å². The molecule has 0 amide bonds. The molecular weight excluding hydrogens is 302 g/mol. The molecule has 2 aromatic rings. The predicted octanol–water partition coefficient (Wildman–Crippen LogP) is 2.87. The average Bonchev–Trinajstić information content (AvgIpc) is 2.54. The summed E-state index contributed by atoms with van der Waals surface area (Å²) in [5.41, 5.74) is 1.25. The van der Waals surface area contributed by atoms with E-state index in [0.29, 0.717) is 30.4 Å². The van der Waals surface area contributed by atoms with Gasteiger partial charge in [0.15, 0.2) is 11.5 Å². The molecule has 1 aliphatic heterocycles. The van der Waals surface area contributed by atoms with Crippen molar-refractivity contribution in [1.82, 2.24) is 0 Å². The number of sulfonamides is 1. The van der Waals surface area contributed by atoms with Crippen molar-refractivity contribution < 1.29 is 17.9 Å². The highest BCUT2D eigenvalue weighted by Crippen LogP contribution is 2.32. The lowest BCUT2D eigenvalue weighted by Gasteiger charge is -2.18. The fourth-order valence-corrected chi connectivity index (χ4v) is 2.90. The molecular formula is C16H15NO4S. The molecule has 0 atom stereocenters. The zero-order valence-corrected chi connectivity index (χ0v) is 12.5. The number of ether oxygens (including phenoxy) is 2. The van der Waals surface area contributed by atoms with E-state index in [4.69, 9.17) is 9.47 Å². The second-order valence-electron chi connectivity index (χ2n) is 4.72. The van der Waals surface area contributed by atoms with Crippen LogP contribution in [-0.2, 0) is 10.0 Å². The Morgan fingerprint density at radius 3 is 2.45 bits per heavy atom. The van der Waals surface area contributed by atoms with E-state index in [-0.39, 0.29) is 0 Å². The van der Waals surface area contributed by atoms with Crippen LogP contribution in [0.15, 0.2) is 53.9 Å². The molecule has 0 spiro atoms. The average molecular weight is 317 g/mol. The highest BCUT2D eigenvalue weighted by molar-refractivity contribution is 7.95. The summed E-state index contributed by atoms with van der Waals surface area (Å²) in [4.78, 5) is 0. The van der Waals surface area contributed by atoms with Gasteiger partial charge < -0.3 is 9.47 Å². The third-order valence-electron chi connectivity index (χ3n) is 3.04. The first-order chi connectivity index (χ1) is 10.6. The van der Waals surface area contributed by atoms with E-state index in [1.165, 1.54) is 0 Å². The lowest BCUT2D eigenvalue weighted by atomic mass is 10.2. The summed E-state index contributed by atoms with van der Waals surface area (Å²) in [6, 6.07) is 14.2. The second kappa shape index (κ2) is 6.11. The van der Waals surface area contributed by atoms with E-state index in [2.05, 4.69) is 4.72 Å². The Morgan fingerprint density at radius 1 is 0.955 bits per heavy atom. The van der Waals surface area contributed by atoms with E-state index < -0.39 is 10.0 Å². The van der Waals surface area contributed by atoms with Gasteiger partial charge >= 0.3 is 0 Å². The summed E-state index contributed by atoms with van der Waals surface area (Å²) in [6.45, 7) is 0.953. The predicted molar refractivity (Wildman–Crippen MR) is 85.5 cm³/mol. The molecule has 1 heterocycles. The fourth-order valence-electron chi connectivity index (χ4n) is 2.04. The fraction of sp³-hybridized carbons (Fsp3) is 0.125. The number of hydrogen-bond acceptors (Lipinski definition) is 4. The molecule has 0 fully saturated rings. The summed E-state index contributed by atoms with van der Waals surface area (Å²) in [5, 5.41) is 1.14. The zero-order valence-electron chi connectivity index (χ0n) is 11.7. The molecule has 0 saturated heterocycles. The normalized spacial score (nSPS) is 14.0. The largest absolute Gasteiger partial charge is 0.486 e. The minimum Gasteiger partial charge on any atom is -0.486 e. The summed E-state index contributed by atoms with van der Waals surface area (Å²) < 4.78 is 37.5. The van der Waals surface area contributed by atoms with Crippen LogP contribution in [0.2, 0.25) is 0 Å². The molecule has 2 aromatic carbocycles. The van der Waals surface area contributed by atoms with E-state index in [9.17, 15) is 8.42 Å². The molecule has 0 unspecified atom stereocenters. The molecule has 22 heavy (non-hydrogen) atoms. The van der Waals surface area contributed by atoms with Gasteiger partial charge in [0.25, 0.3) is 10.0 Å². The zero-order chi connectivity index (χ0) is 15.4. The van der Waals surface area contributed by atoms with Gasteiger partial charge in [-0.15, -0.1) is 0 Å². The summed E-state index contributed by atoms with van der Waals surface area (Å²) in [6.07, 6.45) is 1.54. The van der Waals surface area contributed by atoms with E-state index in [0.717, 1.165) is 11.0 Å². The Bertz CT molecular complexity index is 785. The summed E-state index contributed by atoms with van der Waals surface area (Å²) in [7, 11) is -3.59. The third kappa shape index (κ3) is 3.59. The molecule has 114 valence electrons. The Balaban J connectivity index is 1.75. The molecule has 0 aromatic heterocycles. The number of nitrogens with one attached hydrogen (secondary N) is 1. The van der Waals surface area contributed by atoms with Gasteiger partial charge in [-0.05, 0) is 23.8 Å². The first kappa shape index (κ1) is 14.5. The topological polar surface area (TPSA) is 64.6 Å². The van der Waals surface area contributed by atoms with E-state index in [1.54, 1.807) is 24.3 Å². The number of hydrogen-bond donors (Lipinski definition) is 1. The number of fused-ring (bicyclic) bond motifs is 1. The molecule has 3 rings (SSSR count). The van der Waals surface area contributed by atoms with Gasteiger partial charge in [-0.25, -0.2) is 8.42 Å². The third-order valence-corrected chi connectivity index (χ3v) is 4.06. The molecule has 1 N–H and O–H groups in total. The maximum absolute atomic E-state index is 12.1. The van der Waals surface area contributed by atoms with Crippen molar-refractivity contribution in [3.63, 3.8) is 0 Å². The molecule has 0 bridgehead atoms. The monoisotopic (exact) mass is 317 g/mol. The van der Waals surface area contributed by atoms with Gasteiger partial charge in [0, 0.05) is 6.07 Å². The van der Waals surface area contributed by atoms with Crippen LogP contribution in [0, 0.1) is 0 Å². The van der Waals surface area contributed by atoms with Crippen LogP contribution >= 0.6 is 0 Å². The SMILES string of the molecule is O=S(=O)(/C=C/c1ccccc1)Nc1ccc2c(c1)OCCO2. The van der Waals surface area contributed by atoms with Crippen LogP contribution in [-0.4, -0.2) is 21.6 Å². The first-order valence-electron chi connectivity index (χ1n) is 6.78. The van der Waals surface area contributed by atoms with Crippen molar-refractivity contribution in [2.75, 3.05) is 17.9 Å². The maximum atomic E-state index is 12.1. The molecule has 5 nitrogen and oxygen atoms in total. The summed E-state index contributed by atoms with van der Waals surface area (Å²) >= 11 is 0. The number of benzene rings is 2. The Hall–Kier alpha value is -2.47. The lowest BCUT2D eigenvalue weighted by molar-refractivity contribution is 0.171. The quantitative estimate of drug-likeness (QED) is 0.942. The minimum atomic E-state index is -3.59. The smallest absolute Gasteiger partial charge is 0.255 e. The molecule has 1 aliphatic rings. The molecule has 0 radical (unpaired) electrons. The standard InChI is InChI=1S/C16H15NO4S/c18-22(19,11-8-13-4-2-1-3-5-13)17-14-6-7-15-16(12-14)21-10-9-20-15/h1-8,11-12,17H,9-10H2/b11-8+. The highest BCUT2D eigenvalue weighted by Gasteiger charge is 2.13. The minimum absolute atomic E-state index is 0.432. The van der Waals surface area contributed by atoms with Gasteiger partial charge in [0.05, 0.1) is 11.1 Å². The van der Waals surface area contributed by atoms with Crippen LogP contribution in [0.4, 0.5) is 5.69 Å². The van der Waals surface area contributed by atoms with Gasteiger partial charge in [0.2, 0.25) is 0 Å². The van der Waals surface area contributed by atoms with Crippen molar-refractivity contribution >= 4 is 21.8 Å². The van der Waals surface area contributed by atoms with Crippen molar-refractivity contribution in [3.05, 3.63) is 59.5 Å². The van der Waals surface area contributed by atoms with Crippen molar-refractivity contribution in [2.45, 2.75) is 0 Å². The van der Waals surface area contributed by atoms with Gasteiger partial charge in [-0.3, -0.25) is 4.72 Å². The van der Waals surface area contributed by atoms with Crippen LogP contribution in [0.5, 0.6) is 11.5 Å². The summed E-state index contributed by atoms with van der Waals surface area (Å²) in [5.74, 6) is 1.16. The second-order valence-corrected chi connectivity index (χ2v) is 6.29. The van der Waals surface area contributed by atoms with E-state index >= 15 is 0 Å². The van der Waals surface area contributed by atoms with Crippen molar-refractivity contribution in [1.29, 1.82) is 0 Å². The Kier molecular flexibility index (Phi) is 4.02. The van der Waals surface area contributed by atoms with E-state index in [1.807, 2.05) is 30.3 Å². The molecule has 0 saturated carbocycles. The molecule has 0 aliphatic carbocycles. The number of rotatable bonds is 4. The highest BCUT2D eigenvalue weighted by atomic mass is 32.2. The lowest BCUT2D eigenvalue weighted by Crippen LogP contribution is -2.16. The molecule has 6 heteroatoms. The van der Waals surface area contributed by atoms with Crippen LogP contribution < -0.4 is 14.2 Å². The van der Waals surface area contributed by atoms with Gasteiger partial charge in [0.1, 0.15) is 13.2 Å².